The van der Waals surface area contributed by atoms with Gasteiger partial charge < -0.3 is 29.7 Å². The van der Waals surface area contributed by atoms with Crippen LogP contribution in [0.2, 0.25) is 0 Å². The standard InChI is InChI=1S/C41H51N3O7/c1-26-34(28-18-12-8-13-19-28)50-38(49)32-30-21-22-41(51-30)33(32)36(47)44(29(24-45)27-16-10-7-11-17-27)35(41)37(48)43(40(5,6)25-39(2,3)4)23-15-9-14-20-31(46)42-26/h7-13,15-19,21-22,26,29-30,32-35,45H,14,20,23-25H2,1-6H3,(H,42,46)/b15-9-/t26-,29+,30+,32-,33-,34+,35+,41-/m0/s1. The van der Waals surface area contributed by atoms with Gasteiger partial charge in [0, 0.05) is 18.5 Å². The Morgan fingerprint density at radius 1 is 0.941 bits per heavy atom. The van der Waals surface area contributed by atoms with Crippen molar-refractivity contribution in [3.8, 4) is 0 Å². The zero-order valence-electron chi connectivity index (χ0n) is 30.5. The lowest BCUT2D eigenvalue weighted by Gasteiger charge is -2.46. The van der Waals surface area contributed by atoms with Gasteiger partial charge in [0.05, 0.1) is 30.7 Å². The van der Waals surface area contributed by atoms with E-state index in [-0.39, 0.29) is 30.2 Å². The summed E-state index contributed by atoms with van der Waals surface area (Å²) in [6.45, 7) is 12.0. The van der Waals surface area contributed by atoms with Crippen LogP contribution in [-0.2, 0) is 28.7 Å². The highest BCUT2D eigenvalue weighted by Crippen LogP contribution is 2.57. The normalized spacial score (nSPS) is 31.4. The van der Waals surface area contributed by atoms with Gasteiger partial charge in [0.25, 0.3) is 0 Å². The van der Waals surface area contributed by atoms with Gasteiger partial charge in [-0.15, -0.1) is 0 Å². The molecule has 2 N–H and O–H groups in total. The maximum atomic E-state index is 15.4. The lowest BCUT2D eigenvalue weighted by molar-refractivity contribution is -0.162. The third-order valence-electron chi connectivity index (χ3n) is 10.7. The number of carbonyl (C=O) groups excluding carboxylic acids is 4. The lowest BCUT2D eigenvalue weighted by atomic mass is 9.74. The Hall–Kier alpha value is -4.28. The number of ether oxygens (including phenoxy) is 2. The fourth-order valence-corrected chi connectivity index (χ4v) is 8.92. The summed E-state index contributed by atoms with van der Waals surface area (Å²) in [5.74, 6) is -3.76. The Morgan fingerprint density at radius 2 is 1.61 bits per heavy atom. The highest BCUT2D eigenvalue weighted by molar-refractivity contribution is 5.99. The SMILES string of the molecule is C[C@@H]1NC(=O)CC/C=C\CN(C(C)(C)CC(C)(C)C)C(=O)[C@H]2N([C@H](CO)c3ccccc3)C(=O)[C@@H]3[C@@H](C(=O)O[C@H]1c1ccccc1)[C@H]1C=C[C@]32O1. The molecule has 0 aliphatic carbocycles. The van der Waals surface area contributed by atoms with E-state index < -0.39 is 71.8 Å². The third kappa shape index (κ3) is 6.88. The molecule has 3 amide bonds. The van der Waals surface area contributed by atoms with Gasteiger partial charge in [-0.3, -0.25) is 19.2 Å². The minimum absolute atomic E-state index is 0.147. The summed E-state index contributed by atoms with van der Waals surface area (Å²) in [5.41, 5.74) is -0.940. The van der Waals surface area contributed by atoms with Gasteiger partial charge in [0.2, 0.25) is 17.7 Å². The molecule has 0 unspecified atom stereocenters. The van der Waals surface area contributed by atoms with Crippen LogP contribution in [0.3, 0.4) is 0 Å². The largest absolute Gasteiger partial charge is 0.455 e. The number of fused-ring (bicyclic) bond motifs is 2. The second-order valence-corrected chi connectivity index (χ2v) is 16.2. The molecule has 2 aromatic rings. The van der Waals surface area contributed by atoms with Crippen molar-refractivity contribution in [2.24, 2.45) is 17.3 Å². The number of aliphatic hydroxyl groups is 1. The number of nitrogens with zero attached hydrogens (tertiary/aromatic N) is 2. The fourth-order valence-electron chi connectivity index (χ4n) is 8.92. The van der Waals surface area contributed by atoms with Gasteiger partial charge in [-0.05, 0) is 50.2 Å². The minimum Gasteiger partial charge on any atom is -0.455 e. The van der Waals surface area contributed by atoms with E-state index in [0.717, 1.165) is 0 Å². The van der Waals surface area contributed by atoms with Gasteiger partial charge in [-0.1, -0.05) is 106 Å². The zero-order valence-corrected chi connectivity index (χ0v) is 30.5. The van der Waals surface area contributed by atoms with E-state index in [4.69, 9.17) is 9.47 Å². The van der Waals surface area contributed by atoms with Crippen molar-refractivity contribution in [1.82, 2.24) is 15.1 Å². The third-order valence-corrected chi connectivity index (χ3v) is 10.7. The first-order valence-electron chi connectivity index (χ1n) is 18.0. The summed E-state index contributed by atoms with van der Waals surface area (Å²) in [6, 6.07) is 15.7. The van der Waals surface area contributed by atoms with Crippen molar-refractivity contribution in [1.29, 1.82) is 0 Å². The van der Waals surface area contributed by atoms with Crippen LogP contribution in [-0.4, -0.2) is 81.1 Å². The quantitative estimate of drug-likeness (QED) is 0.320. The van der Waals surface area contributed by atoms with Crippen LogP contribution in [0.5, 0.6) is 0 Å². The van der Waals surface area contributed by atoms with E-state index in [9.17, 15) is 19.5 Å². The van der Waals surface area contributed by atoms with Crippen molar-refractivity contribution in [3.05, 3.63) is 96.1 Å². The second-order valence-electron chi connectivity index (χ2n) is 16.2. The number of benzene rings is 2. The molecule has 0 aromatic heterocycles. The molecule has 272 valence electrons. The van der Waals surface area contributed by atoms with E-state index in [1.165, 1.54) is 4.90 Å². The Kier molecular flexibility index (Phi) is 10.0. The Balaban J connectivity index is 1.50. The van der Waals surface area contributed by atoms with Crippen molar-refractivity contribution in [2.45, 2.75) is 102 Å². The maximum absolute atomic E-state index is 15.4. The minimum atomic E-state index is -1.47. The number of esters is 1. The molecule has 10 heteroatoms. The van der Waals surface area contributed by atoms with Crippen LogP contribution in [0.1, 0.15) is 84.1 Å². The van der Waals surface area contributed by atoms with Crippen LogP contribution < -0.4 is 5.32 Å². The average Bonchev–Trinajstić information content (AvgIpc) is 3.72. The maximum Gasteiger partial charge on any atom is 0.313 e. The van der Waals surface area contributed by atoms with Gasteiger partial charge >= 0.3 is 5.97 Å². The summed E-state index contributed by atoms with van der Waals surface area (Å²) in [5, 5.41) is 13.9. The Labute approximate surface area is 300 Å². The molecule has 10 nitrogen and oxygen atoms in total. The predicted octanol–water partition coefficient (Wildman–Crippen LogP) is 5.05. The average molecular weight is 698 g/mol. The Morgan fingerprint density at radius 3 is 2.25 bits per heavy atom. The van der Waals surface area contributed by atoms with Crippen molar-refractivity contribution >= 4 is 23.7 Å². The number of nitrogens with one attached hydrogen (secondary N) is 1. The molecule has 2 fully saturated rings. The lowest BCUT2D eigenvalue weighted by Crippen LogP contribution is -2.61. The van der Waals surface area contributed by atoms with Crippen molar-refractivity contribution < 1.29 is 33.8 Å². The second kappa shape index (κ2) is 14.0. The number of hydrogen-bond acceptors (Lipinski definition) is 7. The van der Waals surface area contributed by atoms with Crippen LogP contribution in [0.15, 0.2) is 85.0 Å². The van der Waals surface area contributed by atoms with Gasteiger partial charge in [0.1, 0.15) is 23.7 Å². The number of rotatable bonds is 6. The summed E-state index contributed by atoms with van der Waals surface area (Å²) < 4.78 is 13.0. The number of carbonyl (C=O) groups is 4. The first-order chi connectivity index (χ1) is 24.2. The number of likely N-dealkylation sites (tertiary alicyclic amines) is 1. The van der Waals surface area contributed by atoms with E-state index >= 15 is 4.79 Å². The Bertz CT molecular complexity index is 1680. The zero-order chi connectivity index (χ0) is 36.7. The fraction of sp³-hybridized carbons (Fsp3) is 0.512. The predicted molar refractivity (Wildman–Crippen MR) is 192 cm³/mol. The molecule has 4 aliphatic heterocycles. The van der Waals surface area contributed by atoms with Crippen molar-refractivity contribution in [3.63, 3.8) is 0 Å². The highest BCUT2D eigenvalue weighted by Gasteiger charge is 2.74. The van der Waals surface area contributed by atoms with Gasteiger partial charge in [-0.25, -0.2) is 0 Å². The van der Waals surface area contributed by atoms with Gasteiger partial charge in [0.15, 0.2) is 0 Å². The summed E-state index contributed by atoms with van der Waals surface area (Å²) in [7, 11) is 0. The molecular formula is C41H51N3O7. The molecule has 0 saturated carbocycles. The summed E-state index contributed by atoms with van der Waals surface area (Å²) in [6.07, 6.45) is 6.99. The van der Waals surface area contributed by atoms with Crippen molar-refractivity contribution in [2.75, 3.05) is 13.2 Å². The number of cyclic esters (lactones) is 1. The van der Waals surface area contributed by atoms with E-state index in [1.807, 2.05) is 86.7 Å². The molecule has 1 spiro atoms. The molecule has 2 aromatic carbocycles. The molecule has 8 atom stereocenters. The monoisotopic (exact) mass is 697 g/mol. The van der Waals surface area contributed by atoms with Crippen LogP contribution in [0.4, 0.5) is 0 Å². The van der Waals surface area contributed by atoms with E-state index in [2.05, 4.69) is 26.1 Å². The molecule has 51 heavy (non-hydrogen) atoms. The molecule has 0 radical (unpaired) electrons. The van der Waals surface area contributed by atoms with Crippen LogP contribution in [0, 0.1) is 17.3 Å². The van der Waals surface area contributed by atoms with E-state index in [1.54, 1.807) is 24.0 Å². The summed E-state index contributed by atoms with van der Waals surface area (Å²) in [4.78, 5) is 61.2. The molecule has 2 saturated heterocycles. The van der Waals surface area contributed by atoms with Crippen LogP contribution in [0.25, 0.3) is 0 Å². The number of aliphatic hydroxyl groups excluding tert-OH is 1. The highest BCUT2D eigenvalue weighted by atomic mass is 16.6. The number of allylic oxidation sites excluding steroid dienone is 1. The van der Waals surface area contributed by atoms with Crippen LogP contribution >= 0.6 is 0 Å². The van der Waals surface area contributed by atoms with E-state index in [0.29, 0.717) is 24.0 Å². The first-order valence-corrected chi connectivity index (χ1v) is 18.0. The first kappa shape index (κ1) is 36.5. The van der Waals surface area contributed by atoms with Gasteiger partial charge in [-0.2, -0.15) is 0 Å². The number of amides is 3. The number of hydrogen-bond donors (Lipinski definition) is 2. The summed E-state index contributed by atoms with van der Waals surface area (Å²) >= 11 is 0. The molecule has 4 aliphatic rings. The molecule has 5 bridgehead atoms. The smallest absolute Gasteiger partial charge is 0.313 e. The molecule has 4 heterocycles. The molecular weight excluding hydrogens is 646 g/mol. The topological polar surface area (TPSA) is 125 Å². The molecule has 6 rings (SSSR count).